The fraction of sp³-hybridized carbons (Fsp3) is 0.250. The van der Waals surface area contributed by atoms with E-state index in [1.54, 1.807) is 6.20 Å². The van der Waals surface area contributed by atoms with E-state index in [0.29, 0.717) is 6.54 Å². The summed E-state index contributed by atoms with van der Waals surface area (Å²) in [6, 6.07) is 13.6. The van der Waals surface area contributed by atoms with E-state index in [2.05, 4.69) is 15.6 Å². The Morgan fingerprint density at radius 2 is 1.90 bits per heavy atom. The molecule has 0 saturated heterocycles. The minimum absolute atomic E-state index is 0.0580. The predicted molar refractivity (Wildman–Crippen MR) is 85.3 cm³/mol. The first-order chi connectivity index (χ1) is 10.1. The minimum Gasteiger partial charge on any atom is -0.378 e. The van der Waals surface area contributed by atoms with Crippen molar-refractivity contribution in [3.63, 3.8) is 0 Å². The van der Waals surface area contributed by atoms with E-state index in [1.165, 1.54) is 0 Å². The van der Waals surface area contributed by atoms with E-state index in [0.717, 1.165) is 17.1 Å². The Morgan fingerprint density at radius 1 is 1.14 bits per heavy atom. The van der Waals surface area contributed by atoms with Crippen LogP contribution in [0.5, 0.6) is 0 Å². The molecule has 110 valence electrons. The monoisotopic (exact) mass is 284 g/mol. The lowest BCUT2D eigenvalue weighted by Crippen LogP contribution is -2.29. The number of aromatic nitrogens is 1. The maximum Gasteiger partial charge on any atom is 0.239 e. The molecule has 5 heteroatoms. The highest BCUT2D eigenvalue weighted by Gasteiger charge is 2.02. The van der Waals surface area contributed by atoms with Crippen LogP contribution in [0.2, 0.25) is 0 Å². The van der Waals surface area contributed by atoms with E-state index in [-0.39, 0.29) is 12.5 Å². The van der Waals surface area contributed by atoms with Crippen molar-refractivity contribution in [3.8, 4) is 0 Å². The number of benzene rings is 1. The van der Waals surface area contributed by atoms with E-state index in [1.807, 2.05) is 61.5 Å². The van der Waals surface area contributed by atoms with E-state index in [9.17, 15) is 4.79 Å². The van der Waals surface area contributed by atoms with Gasteiger partial charge in [0.1, 0.15) is 0 Å². The molecule has 2 aromatic rings. The summed E-state index contributed by atoms with van der Waals surface area (Å²) in [7, 11) is 3.99. The van der Waals surface area contributed by atoms with Crippen LogP contribution in [-0.2, 0) is 11.3 Å². The lowest BCUT2D eigenvalue weighted by atomic mass is 10.2. The summed E-state index contributed by atoms with van der Waals surface area (Å²) >= 11 is 0. The summed E-state index contributed by atoms with van der Waals surface area (Å²) in [4.78, 5) is 17.9. The van der Waals surface area contributed by atoms with Gasteiger partial charge in [-0.15, -0.1) is 0 Å². The Kier molecular flexibility index (Phi) is 5.15. The van der Waals surface area contributed by atoms with Gasteiger partial charge >= 0.3 is 0 Å². The summed E-state index contributed by atoms with van der Waals surface area (Å²) in [5.74, 6) is -0.0580. The number of pyridine rings is 1. The lowest BCUT2D eigenvalue weighted by Gasteiger charge is -2.13. The first-order valence-electron chi connectivity index (χ1n) is 6.83. The molecule has 0 aliphatic heterocycles. The topological polar surface area (TPSA) is 57.3 Å². The molecular weight excluding hydrogens is 264 g/mol. The van der Waals surface area contributed by atoms with Crippen LogP contribution in [0.3, 0.4) is 0 Å². The molecule has 1 aromatic heterocycles. The molecule has 0 unspecified atom stereocenters. The van der Waals surface area contributed by atoms with E-state index < -0.39 is 0 Å². The number of carbonyl (C=O) groups excluding carboxylic acids is 1. The van der Waals surface area contributed by atoms with Crippen LogP contribution in [0, 0.1) is 0 Å². The van der Waals surface area contributed by atoms with Crippen molar-refractivity contribution < 1.29 is 4.79 Å². The van der Waals surface area contributed by atoms with Crippen LogP contribution in [0.4, 0.5) is 11.4 Å². The molecule has 1 amide bonds. The number of anilines is 2. The van der Waals surface area contributed by atoms with Crippen LogP contribution >= 0.6 is 0 Å². The lowest BCUT2D eigenvalue weighted by molar-refractivity contribution is -0.119. The molecule has 5 nitrogen and oxygen atoms in total. The molecule has 1 aromatic carbocycles. The molecule has 0 radical (unpaired) electrons. The van der Waals surface area contributed by atoms with Gasteiger partial charge in [-0.3, -0.25) is 9.78 Å². The smallest absolute Gasteiger partial charge is 0.239 e. The minimum atomic E-state index is -0.0580. The predicted octanol–water partition coefficient (Wildman–Crippen LogP) is 1.88. The molecular formula is C16H20N4O. The zero-order chi connectivity index (χ0) is 15.1. The molecule has 0 atom stereocenters. The van der Waals surface area contributed by atoms with Crippen LogP contribution in [0.1, 0.15) is 5.69 Å². The zero-order valence-corrected chi connectivity index (χ0v) is 12.3. The standard InChI is InChI=1S/C16H20N4O/c1-20(2)15-8-6-13(7-9-15)18-12-16(21)19-11-14-5-3-4-10-17-14/h3-10,18H,11-12H2,1-2H3,(H,19,21). The number of hydrogen-bond donors (Lipinski definition) is 2. The van der Waals surface area contributed by atoms with Crippen molar-refractivity contribution in [2.24, 2.45) is 0 Å². The third-order valence-electron chi connectivity index (χ3n) is 3.03. The van der Waals surface area contributed by atoms with E-state index in [4.69, 9.17) is 0 Å². The molecule has 0 spiro atoms. The molecule has 0 aliphatic carbocycles. The van der Waals surface area contributed by atoms with E-state index >= 15 is 0 Å². The first kappa shape index (κ1) is 14.8. The summed E-state index contributed by atoms with van der Waals surface area (Å²) in [6.07, 6.45) is 1.71. The van der Waals surface area contributed by atoms with Crippen molar-refractivity contribution in [1.82, 2.24) is 10.3 Å². The van der Waals surface area contributed by atoms with Gasteiger partial charge in [0.05, 0.1) is 18.8 Å². The Labute approximate surface area is 125 Å². The Balaban J connectivity index is 1.76. The molecule has 2 rings (SSSR count). The molecule has 0 saturated carbocycles. The molecule has 1 heterocycles. The molecule has 2 N–H and O–H groups in total. The highest BCUT2D eigenvalue weighted by molar-refractivity contribution is 5.80. The van der Waals surface area contributed by atoms with Crippen LogP contribution in [0.25, 0.3) is 0 Å². The third kappa shape index (κ3) is 4.80. The quantitative estimate of drug-likeness (QED) is 0.850. The molecule has 0 bridgehead atoms. The Hall–Kier alpha value is -2.56. The Bertz CT molecular complexity index is 567. The van der Waals surface area contributed by atoms with Crippen molar-refractivity contribution in [1.29, 1.82) is 0 Å². The van der Waals surface area contributed by atoms with Gasteiger partial charge in [-0.1, -0.05) is 6.07 Å². The molecule has 0 fully saturated rings. The second-order valence-electron chi connectivity index (χ2n) is 4.89. The van der Waals surface area contributed by atoms with Gasteiger partial charge in [0.15, 0.2) is 0 Å². The molecule has 0 aliphatic rings. The number of rotatable bonds is 6. The van der Waals surface area contributed by atoms with Gasteiger partial charge in [-0.2, -0.15) is 0 Å². The van der Waals surface area contributed by atoms with Gasteiger partial charge in [0.2, 0.25) is 5.91 Å². The van der Waals surface area contributed by atoms with Crippen molar-refractivity contribution in [2.45, 2.75) is 6.54 Å². The van der Waals surface area contributed by atoms with Crippen LogP contribution < -0.4 is 15.5 Å². The summed E-state index contributed by atoms with van der Waals surface area (Å²) in [5.41, 5.74) is 2.90. The number of hydrogen-bond acceptors (Lipinski definition) is 4. The maximum absolute atomic E-state index is 11.8. The Morgan fingerprint density at radius 3 is 2.52 bits per heavy atom. The number of nitrogens with zero attached hydrogens (tertiary/aromatic N) is 2. The third-order valence-corrected chi connectivity index (χ3v) is 3.03. The van der Waals surface area contributed by atoms with Gasteiger partial charge < -0.3 is 15.5 Å². The summed E-state index contributed by atoms with van der Waals surface area (Å²) in [5, 5.41) is 5.92. The van der Waals surface area contributed by atoms with Crippen molar-refractivity contribution >= 4 is 17.3 Å². The summed E-state index contributed by atoms with van der Waals surface area (Å²) in [6.45, 7) is 0.690. The average Bonchev–Trinajstić information content (AvgIpc) is 2.52. The highest BCUT2D eigenvalue weighted by atomic mass is 16.1. The highest BCUT2D eigenvalue weighted by Crippen LogP contribution is 2.15. The van der Waals surface area contributed by atoms with Gasteiger partial charge in [-0.05, 0) is 36.4 Å². The maximum atomic E-state index is 11.8. The van der Waals surface area contributed by atoms with Crippen molar-refractivity contribution in [3.05, 3.63) is 54.4 Å². The number of amides is 1. The second-order valence-corrected chi connectivity index (χ2v) is 4.89. The number of carbonyl (C=O) groups is 1. The zero-order valence-electron chi connectivity index (χ0n) is 12.3. The molecule has 21 heavy (non-hydrogen) atoms. The van der Waals surface area contributed by atoms with Gasteiger partial charge in [0.25, 0.3) is 0 Å². The average molecular weight is 284 g/mol. The SMILES string of the molecule is CN(C)c1ccc(NCC(=O)NCc2ccccn2)cc1. The van der Waals surface area contributed by atoms with Crippen LogP contribution in [-0.4, -0.2) is 31.5 Å². The fourth-order valence-electron chi connectivity index (χ4n) is 1.81. The van der Waals surface area contributed by atoms with Gasteiger partial charge in [0, 0.05) is 31.7 Å². The second kappa shape index (κ2) is 7.28. The van der Waals surface area contributed by atoms with Gasteiger partial charge in [-0.25, -0.2) is 0 Å². The summed E-state index contributed by atoms with van der Waals surface area (Å²) < 4.78 is 0. The number of nitrogens with one attached hydrogen (secondary N) is 2. The first-order valence-corrected chi connectivity index (χ1v) is 6.83. The normalized spacial score (nSPS) is 10.0. The van der Waals surface area contributed by atoms with Crippen LogP contribution in [0.15, 0.2) is 48.7 Å². The van der Waals surface area contributed by atoms with Crippen molar-refractivity contribution in [2.75, 3.05) is 30.9 Å². The largest absolute Gasteiger partial charge is 0.378 e. The fourth-order valence-corrected chi connectivity index (χ4v) is 1.81.